The highest BCUT2D eigenvalue weighted by atomic mass is 32.2. The van der Waals surface area contributed by atoms with Crippen molar-refractivity contribution < 1.29 is 18.7 Å². The third kappa shape index (κ3) is 5.07. The van der Waals surface area contributed by atoms with Crippen molar-refractivity contribution in [3.05, 3.63) is 46.2 Å². The predicted octanol–water partition coefficient (Wildman–Crippen LogP) is 3.24. The average molecular weight is 362 g/mol. The fourth-order valence-corrected chi connectivity index (χ4v) is 3.33. The first kappa shape index (κ1) is 19.0. The summed E-state index contributed by atoms with van der Waals surface area (Å²) in [5.41, 5.74) is 0.564. The van der Waals surface area contributed by atoms with Crippen LogP contribution in [0.15, 0.2) is 34.9 Å². The van der Waals surface area contributed by atoms with Crippen LogP contribution in [0, 0.1) is 17.1 Å². The van der Waals surface area contributed by atoms with Gasteiger partial charge in [-0.25, -0.2) is 4.39 Å². The molecule has 0 aliphatic carbocycles. The van der Waals surface area contributed by atoms with Crippen molar-refractivity contribution in [3.8, 4) is 6.07 Å². The molecule has 0 radical (unpaired) electrons. The summed E-state index contributed by atoms with van der Waals surface area (Å²) in [5, 5.41) is 12.4. The van der Waals surface area contributed by atoms with E-state index in [1.54, 1.807) is 18.2 Å². The lowest BCUT2D eigenvalue weighted by molar-refractivity contribution is -0.140. The fourth-order valence-electron chi connectivity index (χ4n) is 2.46. The number of ether oxygens (including phenoxy) is 1. The van der Waals surface area contributed by atoms with E-state index in [0.717, 1.165) is 24.6 Å². The van der Waals surface area contributed by atoms with Crippen LogP contribution in [-0.2, 0) is 14.3 Å². The molecule has 132 valence electrons. The summed E-state index contributed by atoms with van der Waals surface area (Å²) in [7, 11) is 0. The smallest absolute Gasteiger partial charge is 0.316 e. The number of allylic oxidation sites excluding steroid dienone is 1. The van der Waals surface area contributed by atoms with Crippen molar-refractivity contribution in [2.24, 2.45) is 0 Å². The molecule has 1 heterocycles. The largest absolute Gasteiger partial charge is 0.465 e. The van der Waals surface area contributed by atoms with Gasteiger partial charge in [0.05, 0.1) is 29.0 Å². The Morgan fingerprint density at radius 2 is 2.24 bits per heavy atom. The lowest BCUT2D eigenvalue weighted by Crippen LogP contribution is -2.31. The molecule has 0 saturated carbocycles. The number of amides is 1. The van der Waals surface area contributed by atoms with Crippen molar-refractivity contribution >= 4 is 23.6 Å². The SMILES string of the molecule is CCCCOC(=O)CSC1=C(C#N)C(c2ccccc2F)CC(=O)N1. The minimum atomic E-state index is -0.654. The molecule has 25 heavy (non-hydrogen) atoms. The summed E-state index contributed by atoms with van der Waals surface area (Å²) >= 11 is 1.03. The Morgan fingerprint density at radius 3 is 2.92 bits per heavy atom. The van der Waals surface area contributed by atoms with Crippen molar-refractivity contribution in [1.29, 1.82) is 5.26 Å². The molecule has 1 aliphatic heterocycles. The topological polar surface area (TPSA) is 79.2 Å². The van der Waals surface area contributed by atoms with Crippen LogP contribution in [0.3, 0.4) is 0 Å². The van der Waals surface area contributed by atoms with E-state index < -0.39 is 17.7 Å². The third-order valence-corrected chi connectivity index (χ3v) is 4.72. The minimum Gasteiger partial charge on any atom is -0.465 e. The van der Waals surface area contributed by atoms with Gasteiger partial charge in [-0.2, -0.15) is 5.26 Å². The average Bonchev–Trinajstić information content (AvgIpc) is 2.60. The quantitative estimate of drug-likeness (QED) is 0.595. The number of thioether (sulfide) groups is 1. The lowest BCUT2D eigenvalue weighted by Gasteiger charge is -2.25. The predicted molar refractivity (Wildman–Crippen MR) is 92.9 cm³/mol. The van der Waals surface area contributed by atoms with Crippen LogP contribution >= 0.6 is 11.8 Å². The van der Waals surface area contributed by atoms with Crippen LogP contribution in [0.4, 0.5) is 4.39 Å². The second-order valence-corrected chi connectivity index (χ2v) is 6.53. The standard InChI is InChI=1S/C18H19FN2O3S/c1-2-3-8-24-17(23)11-25-18-14(10-20)13(9-16(22)21-18)12-6-4-5-7-15(12)19/h4-7,13H,2-3,8-9,11H2,1H3,(H,21,22). The Morgan fingerprint density at radius 1 is 1.48 bits per heavy atom. The third-order valence-electron chi connectivity index (χ3n) is 3.73. The van der Waals surface area contributed by atoms with Gasteiger partial charge in [0.15, 0.2) is 0 Å². The molecule has 7 heteroatoms. The summed E-state index contributed by atoms with van der Waals surface area (Å²) in [6.07, 6.45) is 1.70. The van der Waals surface area contributed by atoms with Gasteiger partial charge in [-0.3, -0.25) is 9.59 Å². The molecule has 1 amide bonds. The molecule has 1 aromatic carbocycles. The van der Waals surface area contributed by atoms with Crippen molar-refractivity contribution in [2.75, 3.05) is 12.4 Å². The first-order valence-corrected chi connectivity index (χ1v) is 9.02. The molecule has 1 N–H and O–H groups in total. The van der Waals surface area contributed by atoms with E-state index >= 15 is 0 Å². The maximum absolute atomic E-state index is 14.1. The minimum absolute atomic E-state index is 0.00513. The van der Waals surface area contributed by atoms with Gasteiger partial charge in [0.1, 0.15) is 5.82 Å². The molecule has 1 unspecified atom stereocenters. The van der Waals surface area contributed by atoms with Gasteiger partial charge in [-0.1, -0.05) is 43.3 Å². The maximum atomic E-state index is 14.1. The Balaban J connectivity index is 2.16. The van der Waals surface area contributed by atoms with Gasteiger partial charge < -0.3 is 10.1 Å². The highest BCUT2D eigenvalue weighted by Crippen LogP contribution is 2.36. The fraction of sp³-hybridized carbons (Fsp3) is 0.389. The number of benzene rings is 1. The van der Waals surface area contributed by atoms with Gasteiger partial charge in [0.2, 0.25) is 5.91 Å². The summed E-state index contributed by atoms with van der Waals surface area (Å²) in [5.74, 6) is -1.86. The molecule has 0 spiro atoms. The molecule has 0 aromatic heterocycles. The molecule has 1 aliphatic rings. The highest BCUT2D eigenvalue weighted by Gasteiger charge is 2.31. The maximum Gasteiger partial charge on any atom is 0.316 e. The zero-order chi connectivity index (χ0) is 18.2. The monoisotopic (exact) mass is 362 g/mol. The number of carbonyl (C=O) groups is 2. The lowest BCUT2D eigenvalue weighted by atomic mass is 9.87. The summed E-state index contributed by atoms with van der Waals surface area (Å²) in [6, 6.07) is 8.14. The van der Waals surface area contributed by atoms with Crippen LogP contribution in [0.5, 0.6) is 0 Å². The van der Waals surface area contributed by atoms with Gasteiger partial charge >= 0.3 is 5.97 Å². The molecule has 0 bridgehead atoms. The number of nitrogens with one attached hydrogen (secondary N) is 1. The molecule has 2 rings (SSSR count). The van der Waals surface area contributed by atoms with E-state index in [0.29, 0.717) is 17.2 Å². The van der Waals surface area contributed by atoms with E-state index in [1.807, 2.05) is 6.92 Å². The first-order valence-electron chi connectivity index (χ1n) is 8.03. The molecule has 0 fully saturated rings. The normalized spacial score (nSPS) is 17.0. The number of hydrogen-bond donors (Lipinski definition) is 1. The number of rotatable bonds is 7. The Bertz CT molecular complexity index is 727. The number of unbranched alkanes of at least 4 members (excludes halogenated alkanes) is 1. The number of esters is 1. The number of nitriles is 1. The van der Waals surface area contributed by atoms with Gasteiger partial charge in [0, 0.05) is 12.3 Å². The number of halogens is 1. The summed E-state index contributed by atoms with van der Waals surface area (Å²) < 4.78 is 19.1. The first-order chi connectivity index (χ1) is 12.1. The van der Waals surface area contributed by atoms with Gasteiger partial charge in [-0.05, 0) is 18.1 Å². The van der Waals surface area contributed by atoms with Gasteiger partial charge in [0.25, 0.3) is 0 Å². The van der Waals surface area contributed by atoms with Crippen LogP contribution < -0.4 is 5.32 Å². The zero-order valence-corrected chi connectivity index (χ0v) is 14.7. The molecule has 0 saturated heterocycles. The Hall–Kier alpha value is -2.33. The molecule has 5 nitrogen and oxygen atoms in total. The highest BCUT2D eigenvalue weighted by molar-refractivity contribution is 8.03. The zero-order valence-electron chi connectivity index (χ0n) is 13.9. The molecule has 1 aromatic rings. The van der Waals surface area contributed by atoms with Gasteiger partial charge in [-0.15, -0.1) is 0 Å². The van der Waals surface area contributed by atoms with Crippen molar-refractivity contribution in [1.82, 2.24) is 5.32 Å². The molecular formula is C18H19FN2O3S. The summed E-state index contributed by atoms with van der Waals surface area (Å²) in [6.45, 7) is 2.34. The van der Waals surface area contributed by atoms with Crippen LogP contribution in [0.1, 0.15) is 37.7 Å². The number of hydrogen-bond acceptors (Lipinski definition) is 5. The van der Waals surface area contributed by atoms with E-state index in [-0.39, 0.29) is 23.7 Å². The van der Waals surface area contributed by atoms with Crippen molar-refractivity contribution in [2.45, 2.75) is 32.1 Å². The van der Waals surface area contributed by atoms with Crippen LogP contribution in [0.2, 0.25) is 0 Å². The van der Waals surface area contributed by atoms with E-state index in [4.69, 9.17) is 4.74 Å². The van der Waals surface area contributed by atoms with Crippen LogP contribution in [-0.4, -0.2) is 24.2 Å². The van der Waals surface area contributed by atoms with E-state index in [1.165, 1.54) is 6.07 Å². The molecular weight excluding hydrogens is 343 g/mol. The summed E-state index contributed by atoms with van der Waals surface area (Å²) in [4.78, 5) is 23.7. The molecule has 1 atom stereocenters. The van der Waals surface area contributed by atoms with E-state index in [2.05, 4.69) is 11.4 Å². The van der Waals surface area contributed by atoms with Crippen LogP contribution in [0.25, 0.3) is 0 Å². The van der Waals surface area contributed by atoms with E-state index in [9.17, 15) is 19.2 Å². The van der Waals surface area contributed by atoms with Crippen molar-refractivity contribution in [3.63, 3.8) is 0 Å². The second kappa shape index (κ2) is 9.23. The second-order valence-electron chi connectivity index (χ2n) is 5.54. The number of nitrogens with zero attached hydrogens (tertiary/aromatic N) is 1. The Kier molecular flexibility index (Phi) is 7.02. The number of carbonyl (C=O) groups excluding carboxylic acids is 2. The Labute approximate surface area is 150 Å².